The number of nitrogens with zero attached hydrogens (tertiary/aromatic N) is 4. The van der Waals surface area contributed by atoms with Gasteiger partial charge in [0.05, 0.1) is 23.9 Å². The van der Waals surface area contributed by atoms with Gasteiger partial charge in [0.15, 0.2) is 5.65 Å². The molecule has 22 heavy (non-hydrogen) atoms. The fourth-order valence-corrected chi connectivity index (χ4v) is 2.38. The maximum Gasteiger partial charge on any atom is 0.168 e. The largest absolute Gasteiger partial charge is 0.383 e. The first kappa shape index (κ1) is 14.7. The van der Waals surface area contributed by atoms with Crippen LogP contribution in [-0.2, 0) is 4.74 Å². The van der Waals surface area contributed by atoms with Crippen LogP contribution >= 0.6 is 11.6 Å². The summed E-state index contributed by atoms with van der Waals surface area (Å²) >= 11 is 5.93. The van der Waals surface area contributed by atoms with Gasteiger partial charge in [0.2, 0.25) is 0 Å². The quantitative estimate of drug-likeness (QED) is 0.784. The summed E-state index contributed by atoms with van der Waals surface area (Å²) in [6.45, 7) is 2.62. The molecule has 0 aliphatic rings. The maximum absolute atomic E-state index is 5.93. The molecule has 0 bridgehead atoms. The summed E-state index contributed by atoms with van der Waals surface area (Å²) in [5.74, 6) is 0.745. The molecule has 0 saturated heterocycles. The molecule has 3 aromatic rings. The van der Waals surface area contributed by atoms with Crippen LogP contribution in [0.2, 0.25) is 5.02 Å². The highest BCUT2D eigenvalue weighted by molar-refractivity contribution is 6.30. The number of halogens is 1. The summed E-state index contributed by atoms with van der Waals surface area (Å²) < 4.78 is 6.90. The summed E-state index contributed by atoms with van der Waals surface area (Å²) in [6.07, 6.45) is 3.28. The Bertz CT molecular complexity index is 771. The molecule has 0 unspecified atom stereocenters. The first-order valence-electron chi connectivity index (χ1n) is 6.89. The molecule has 2 aromatic heterocycles. The Morgan fingerprint density at radius 3 is 2.77 bits per heavy atom. The number of nitrogens with one attached hydrogen (secondary N) is 1. The van der Waals surface area contributed by atoms with E-state index in [-0.39, 0.29) is 6.04 Å². The molecule has 0 spiro atoms. The summed E-state index contributed by atoms with van der Waals surface area (Å²) in [4.78, 5) is 8.64. The van der Waals surface area contributed by atoms with Crippen LogP contribution in [0.15, 0.2) is 36.8 Å². The van der Waals surface area contributed by atoms with Crippen molar-refractivity contribution >= 4 is 28.5 Å². The highest BCUT2D eigenvalue weighted by Crippen LogP contribution is 2.22. The Morgan fingerprint density at radius 1 is 1.27 bits per heavy atom. The molecule has 7 heteroatoms. The van der Waals surface area contributed by atoms with Crippen LogP contribution in [0.4, 0.5) is 5.82 Å². The molecule has 2 heterocycles. The molecule has 0 saturated carbocycles. The molecule has 6 nitrogen and oxygen atoms in total. The van der Waals surface area contributed by atoms with Crippen LogP contribution < -0.4 is 5.32 Å². The van der Waals surface area contributed by atoms with Crippen molar-refractivity contribution in [2.75, 3.05) is 19.0 Å². The van der Waals surface area contributed by atoms with Gasteiger partial charge in [-0.05, 0) is 31.2 Å². The molecule has 0 amide bonds. The molecule has 1 N–H and O–H groups in total. The number of anilines is 1. The van der Waals surface area contributed by atoms with Crippen molar-refractivity contribution in [2.24, 2.45) is 0 Å². The maximum atomic E-state index is 5.93. The number of hydrogen-bond donors (Lipinski definition) is 1. The van der Waals surface area contributed by atoms with E-state index >= 15 is 0 Å². The lowest BCUT2D eigenvalue weighted by Crippen LogP contribution is -2.21. The zero-order valence-corrected chi connectivity index (χ0v) is 13.1. The topological polar surface area (TPSA) is 64.9 Å². The molecule has 1 atom stereocenters. The SMILES string of the molecule is COC[C@H](C)Nc1ncnc2c1cnn2-c1ccc(Cl)cc1. The van der Waals surface area contributed by atoms with E-state index in [4.69, 9.17) is 16.3 Å². The van der Waals surface area contributed by atoms with Crippen molar-refractivity contribution in [3.63, 3.8) is 0 Å². The predicted molar refractivity (Wildman–Crippen MR) is 86.6 cm³/mol. The van der Waals surface area contributed by atoms with Crippen molar-refractivity contribution in [3.05, 3.63) is 41.8 Å². The van der Waals surface area contributed by atoms with E-state index in [1.165, 1.54) is 6.33 Å². The molecular weight excluding hydrogens is 302 g/mol. The molecule has 0 aliphatic carbocycles. The first-order chi connectivity index (χ1) is 10.7. The number of methoxy groups -OCH3 is 1. The summed E-state index contributed by atoms with van der Waals surface area (Å²) in [5.41, 5.74) is 1.64. The number of rotatable bonds is 5. The van der Waals surface area contributed by atoms with Crippen molar-refractivity contribution in [1.29, 1.82) is 0 Å². The molecular formula is C15H16ClN5O. The molecule has 1 aromatic carbocycles. The van der Waals surface area contributed by atoms with Gasteiger partial charge in [0, 0.05) is 18.2 Å². The number of benzene rings is 1. The van der Waals surface area contributed by atoms with Crippen molar-refractivity contribution < 1.29 is 4.74 Å². The van der Waals surface area contributed by atoms with Crippen LogP contribution in [0.3, 0.4) is 0 Å². The Labute approximate surface area is 133 Å². The van der Waals surface area contributed by atoms with Gasteiger partial charge in [-0.25, -0.2) is 14.6 Å². The minimum absolute atomic E-state index is 0.141. The van der Waals surface area contributed by atoms with E-state index in [2.05, 4.69) is 20.4 Å². The van der Waals surface area contributed by atoms with Crippen molar-refractivity contribution in [2.45, 2.75) is 13.0 Å². The van der Waals surface area contributed by atoms with Crippen LogP contribution in [0.5, 0.6) is 0 Å². The summed E-state index contributed by atoms with van der Waals surface area (Å²) in [6, 6.07) is 7.59. The number of fused-ring (bicyclic) bond motifs is 1. The second kappa shape index (κ2) is 6.29. The Morgan fingerprint density at radius 2 is 2.05 bits per heavy atom. The van der Waals surface area contributed by atoms with Gasteiger partial charge >= 0.3 is 0 Å². The molecule has 3 rings (SSSR count). The molecule has 0 aliphatic heterocycles. The van der Waals surface area contributed by atoms with Crippen LogP contribution in [0.25, 0.3) is 16.7 Å². The summed E-state index contributed by atoms with van der Waals surface area (Å²) in [5, 5.41) is 9.27. The fourth-order valence-electron chi connectivity index (χ4n) is 2.26. The number of hydrogen-bond acceptors (Lipinski definition) is 5. The minimum Gasteiger partial charge on any atom is -0.383 e. The number of aromatic nitrogens is 4. The minimum atomic E-state index is 0.141. The predicted octanol–water partition coefficient (Wildman–Crippen LogP) is 2.92. The van der Waals surface area contributed by atoms with E-state index in [1.54, 1.807) is 18.0 Å². The van der Waals surface area contributed by atoms with Gasteiger partial charge in [0.1, 0.15) is 12.1 Å². The third-order valence-corrected chi connectivity index (χ3v) is 3.49. The highest BCUT2D eigenvalue weighted by Gasteiger charge is 2.12. The van der Waals surface area contributed by atoms with Crippen molar-refractivity contribution in [3.8, 4) is 5.69 Å². The smallest absolute Gasteiger partial charge is 0.168 e. The Kier molecular flexibility index (Phi) is 4.22. The normalized spacial score (nSPS) is 12.5. The van der Waals surface area contributed by atoms with Crippen LogP contribution in [0.1, 0.15) is 6.92 Å². The van der Waals surface area contributed by atoms with Gasteiger partial charge in [-0.3, -0.25) is 0 Å². The van der Waals surface area contributed by atoms with E-state index in [0.717, 1.165) is 22.5 Å². The fraction of sp³-hybridized carbons (Fsp3) is 0.267. The lowest BCUT2D eigenvalue weighted by molar-refractivity contribution is 0.190. The zero-order chi connectivity index (χ0) is 15.5. The van der Waals surface area contributed by atoms with Gasteiger partial charge < -0.3 is 10.1 Å². The standard InChI is InChI=1S/C15H16ClN5O/c1-10(8-22-2)20-14-13-7-19-21(15(13)18-9-17-14)12-5-3-11(16)4-6-12/h3-7,9-10H,8H2,1-2H3,(H,17,18,20)/t10-/m0/s1. The lowest BCUT2D eigenvalue weighted by Gasteiger charge is -2.13. The average Bonchev–Trinajstić information content (AvgIpc) is 2.93. The molecule has 114 valence electrons. The van der Waals surface area contributed by atoms with Gasteiger partial charge in [-0.15, -0.1) is 0 Å². The van der Waals surface area contributed by atoms with Crippen LogP contribution in [0, 0.1) is 0 Å². The highest BCUT2D eigenvalue weighted by atomic mass is 35.5. The first-order valence-corrected chi connectivity index (χ1v) is 7.27. The van der Waals surface area contributed by atoms with Gasteiger partial charge in [-0.2, -0.15) is 5.10 Å². The van der Waals surface area contributed by atoms with Crippen LogP contribution in [-0.4, -0.2) is 39.5 Å². The Hall–Kier alpha value is -2.18. The monoisotopic (exact) mass is 317 g/mol. The van der Waals surface area contributed by atoms with E-state index < -0.39 is 0 Å². The van der Waals surface area contributed by atoms with E-state index in [0.29, 0.717) is 11.6 Å². The third-order valence-electron chi connectivity index (χ3n) is 3.24. The van der Waals surface area contributed by atoms with Gasteiger partial charge in [0.25, 0.3) is 0 Å². The van der Waals surface area contributed by atoms with Crippen molar-refractivity contribution in [1.82, 2.24) is 19.7 Å². The Balaban J connectivity index is 2.00. The lowest BCUT2D eigenvalue weighted by atomic mass is 10.3. The molecule has 0 fully saturated rings. The number of ether oxygens (including phenoxy) is 1. The third kappa shape index (κ3) is 2.88. The zero-order valence-electron chi connectivity index (χ0n) is 12.3. The summed E-state index contributed by atoms with van der Waals surface area (Å²) in [7, 11) is 1.67. The van der Waals surface area contributed by atoms with E-state index in [1.807, 2.05) is 31.2 Å². The average molecular weight is 318 g/mol. The van der Waals surface area contributed by atoms with E-state index in [9.17, 15) is 0 Å². The van der Waals surface area contributed by atoms with Gasteiger partial charge in [-0.1, -0.05) is 11.6 Å². The second-order valence-electron chi connectivity index (χ2n) is 4.99. The molecule has 0 radical (unpaired) electrons. The second-order valence-corrected chi connectivity index (χ2v) is 5.43.